The first kappa shape index (κ1) is 10.1. The summed E-state index contributed by atoms with van der Waals surface area (Å²) in [5.74, 6) is 0.889. The highest BCUT2D eigenvalue weighted by Gasteiger charge is 2.52. The minimum absolute atomic E-state index is 0.0975. The Morgan fingerprint density at radius 1 is 1.56 bits per heavy atom. The molecule has 1 saturated heterocycles. The molecule has 0 amide bonds. The van der Waals surface area contributed by atoms with Gasteiger partial charge in [-0.05, 0) is 18.8 Å². The van der Waals surface area contributed by atoms with Crippen LogP contribution in [0, 0.1) is 5.92 Å². The average molecular weight is 242 g/mol. The molecule has 16 heavy (non-hydrogen) atoms. The van der Waals surface area contributed by atoms with Crippen LogP contribution < -0.4 is 10.5 Å². The van der Waals surface area contributed by atoms with Gasteiger partial charge < -0.3 is 15.0 Å². The van der Waals surface area contributed by atoms with Gasteiger partial charge in [-0.1, -0.05) is 11.6 Å². The van der Waals surface area contributed by atoms with E-state index in [1.807, 2.05) is 4.90 Å². The number of aromatic nitrogens is 2. The molecule has 2 fully saturated rings. The maximum Gasteiger partial charge on any atom is 0.271 e. The van der Waals surface area contributed by atoms with Gasteiger partial charge in [-0.15, -0.1) is 0 Å². The van der Waals surface area contributed by atoms with Crippen LogP contribution in [0.3, 0.4) is 0 Å². The summed E-state index contributed by atoms with van der Waals surface area (Å²) in [6.45, 7) is 1.04. The molecule has 0 atom stereocenters. The summed E-state index contributed by atoms with van der Waals surface area (Å²) >= 11 is 5.86. The van der Waals surface area contributed by atoms with E-state index in [1.165, 1.54) is 6.33 Å². The molecule has 2 aliphatic rings. The fourth-order valence-electron chi connectivity index (χ4n) is 2.24. The van der Waals surface area contributed by atoms with Crippen LogP contribution in [0.15, 0.2) is 11.1 Å². The van der Waals surface area contributed by atoms with Crippen molar-refractivity contribution < 1.29 is 5.11 Å². The molecule has 1 saturated carbocycles. The van der Waals surface area contributed by atoms with E-state index < -0.39 is 5.60 Å². The van der Waals surface area contributed by atoms with Crippen LogP contribution in [0.25, 0.3) is 0 Å². The third-order valence-electron chi connectivity index (χ3n) is 3.34. The quantitative estimate of drug-likeness (QED) is 0.786. The number of nitrogens with zero attached hydrogens (tertiary/aromatic N) is 2. The number of aromatic amines is 1. The number of nitrogens with one attached hydrogen (secondary N) is 1. The van der Waals surface area contributed by atoms with E-state index in [0.29, 0.717) is 24.8 Å². The molecule has 0 unspecified atom stereocenters. The molecule has 3 rings (SSSR count). The lowest BCUT2D eigenvalue weighted by Crippen LogP contribution is -2.63. The average Bonchev–Trinajstić information content (AvgIpc) is 3.01. The van der Waals surface area contributed by atoms with Crippen molar-refractivity contribution in [3.8, 4) is 0 Å². The zero-order chi connectivity index (χ0) is 11.3. The van der Waals surface area contributed by atoms with E-state index in [9.17, 15) is 9.90 Å². The molecule has 5 nitrogen and oxygen atoms in total. The zero-order valence-electron chi connectivity index (χ0n) is 8.61. The second kappa shape index (κ2) is 3.21. The number of β-amino-alcohol motifs (C(OH)–C–C–N with tert-alkyl or cyclic N) is 1. The maximum absolute atomic E-state index is 11.3. The summed E-state index contributed by atoms with van der Waals surface area (Å²) in [6.07, 6.45) is 3.53. The molecular weight excluding hydrogens is 230 g/mol. The standard InChI is InChI=1S/C10H12ClN3O2/c11-7-8(12-5-13-9(7)15)14-3-10(16,4-14)6-1-2-6/h5-6,16H,1-4H2,(H,12,13,15). The first-order chi connectivity index (χ1) is 7.60. The van der Waals surface area contributed by atoms with Crippen LogP contribution in [0.1, 0.15) is 12.8 Å². The van der Waals surface area contributed by atoms with Gasteiger partial charge in [0, 0.05) is 0 Å². The Morgan fingerprint density at radius 2 is 2.25 bits per heavy atom. The van der Waals surface area contributed by atoms with Crippen molar-refractivity contribution in [1.82, 2.24) is 9.97 Å². The molecule has 6 heteroatoms. The van der Waals surface area contributed by atoms with Crippen LogP contribution >= 0.6 is 11.6 Å². The van der Waals surface area contributed by atoms with Crippen LogP contribution in [0.4, 0.5) is 5.82 Å². The summed E-state index contributed by atoms with van der Waals surface area (Å²) < 4.78 is 0. The minimum Gasteiger partial charge on any atom is -0.386 e. The van der Waals surface area contributed by atoms with Gasteiger partial charge in [0.25, 0.3) is 5.56 Å². The van der Waals surface area contributed by atoms with Crippen molar-refractivity contribution in [2.45, 2.75) is 18.4 Å². The number of rotatable bonds is 2. The van der Waals surface area contributed by atoms with Crippen LogP contribution in [0.2, 0.25) is 5.02 Å². The summed E-state index contributed by atoms with van der Waals surface area (Å²) in [4.78, 5) is 19.6. The normalized spacial score (nSPS) is 23.0. The van der Waals surface area contributed by atoms with E-state index in [2.05, 4.69) is 9.97 Å². The Kier molecular flexibility index (Phi) is 2.03. The molecule has 0 radical (unpaired) electrons. The number of hydrogen-bond acceptors (Lipinski definition) is 4. The van der Waals surface area contributed by atoms with Gasteiger partial charge in [0.2, 0.25) is 0 Å². The molecule has 86 valence electrons. The second-order valence-corrected chi connectivity index (χ2v) is 4.98. The summed E-state index contributed by atoms with van der Waals surface area (Å²) in [7, 11) is 0. The lowest BCUT2D eigenvalue weighted by Gasteiger charge is -2.47. The monoisotopic (exact) mass is 241 g/mol. The van der Waals surface area contributed by atoms with Gasteiger partial charge in [-0.25, -0.2) is 4.98 Å². The Morgan fingerprint density at radius 3 is 2.88 bits per heavy atom. The second-order valence-electron chi connectivity index (χ2n) is 4.60. The van der Waals surface area contributed by atoms with E-state index in [-0.39, 0.29) is 10.6 Å². The molecule has 1 aliphatic carbocycles. The summed E-state index contributed by atoms with van der Waals surface area (Å²) in [5, 5.41) is 10.2. The van der Waals surface area contributed by atoms with E-state index in [4.69, 9.17) is 11.6 Å². The van der Waals surface area contributed by atoms with Crippen LogP contribution in [-0.4, -0.2) is 33.8 Å². The summed E-state index contributed by atoms with van der Waals surface area (Å²) in [5.41, 5.74) is -0.929. The first-order valence-corrected chi connectivity index (χ1v) is 5.68. The van der Waals surface area contributed by atoms with Crippen molar-refractivity contribution in [2.75, 3.05) is 18.0 Å². The van der Waals surface area contributed by atoms with Crippen LogP contribution in [0.5, 0.6) is 0 Å². The number of halogens is 1. The number of aliphatic hydroxyl groups is 1. The highest BCUT2D eigenvalue weighted by molar-refractivity contribution is 6.32. The van der Waals surface area contributed by atoms with Gasteiger partial charge in [0.15, 0.2) is 5.82 Å². The predicted molar refractivity (Wildman–Crippen MR) is 59.8 cm³/mol. The topological polar surface area (TPSA) is 69.2 Å². The largest absolute Gasteiger partial charge is 0.386 e. The van der Waals surface area contributed by atoms with Crippen molar-refractivity contribution >= 4 is 17.4 Å². The maximum atomic E-state index is 11.3. The molecule has 1 aromatic heterocycles. The van der Waals surface area contributed by atoms with Gasteiger partial charge >= 0.3 is 0 Å². The van der Waals surface area contributed by atoms with Crippen molar-refractivity contribution in [1.29, 1.82) is 0 Å². The van der Waals surface area contributed by atoms with Gasteiger partial charge in [0.05, 0.1) is 19.4 Å². The van der Waals surface area contributed by atoms with Crippen molar-refractivity contribution in [3.63, 3.8) is 0 Å². The smallest absolute Gasteiger partial charge is 0.271 e. The molecule has 1 aliphatic heterocycles. The van der Waals surface area contributed by atoms with Gasteiger partial charge in [-0.2, -0.15) is 0 Å². The number of hydrogen-bond donors (Lipinski definition) is 2. The lowest BCUT2D eigenvalue weighted by atomic mass is 9.89. The SMILES string of the molecule is O=c1[nH]cnc(N2CC(O)(C3CC3)C2)c1Cl. The van der Waals surface area contributed by atoms with Gasteiger partial charge in [-0.3, -0.25) is 4.79 Å². The Bertz CT molecular complexity index is 477. The molecule has 0 bridgehead atoms. The Hall–Kier alpha value is -1.07. The molecule has 2 N–H and O–H groups in total. The molecule has 0 spiro atoms. The van der Waals surface area contributed by atoms with E-state index >= 15 is 0 Å². The third kappa shape index (κ3) is 1.43. The fraction of sp³-hybridized carbons (Fsp3) is 0.600. The van der Waals surface area contributed by atoms with E-state index in [0.717, 1.165) is 12.8 Å². The molecule has 1 aromatic rings. The number of H-pyrrole nitrogens is 1. The highest BCUT2D eigenvalue weighted by atomic mass is 35.5. The highest BCUT2D eigenvalue weighted by Crippen LogP contribution is 2.45. The number of anilines is 1. The van der Waals surface area contributed by atoms with E-state index in [1.54, 1.807) is 0 Å². The Labute approximate surface area is 97.1 Å². The first-order valence-electron chi connectivity index (χ1n) is 5.31. The summed E-state index contributed by atoms with van der Waals surface area (Å²) in [6, 6.07) is 0. The molecular formula is C10H12ClN3O2. The fourth-order valence-corrected chi connectivity index (χ4v) is 2.46. The molecule has 0 aromatic carbocycles. The lowest BCUT2D eigenvalue weighted by molar-refractivity contribution is -0.00974. The zero-order valence-corrected chi connectivity index (χ0v) is 9.37. The van der Waals surface area contributed by atoms with Crippen molar-refractivity contribution in [2.24, 2.45) is 5.92 Å². The third-order valence-corrected chi connectivity index (χ3v) is 3.68. The van der Waals surface area contributed by atoms with Crippen LogP contribution in [-0.2, 0) is 0 Å². The molecule has 2 heterocycles. The van der Waals surface area contributed by atoms with Gasteiger partial charge in [0.1, 0.15) is 10.6 Å². The Balaban J connectivity index is 1.81. The minimum atomic E-state index is -0.590. The van der Waals surface area contributed by atoms with Crippen molar-refractivity contribution in [3.05, 3.63) is 21.7 Å². The predicted octanol–water partition coefficient (Wildman–Crippen LogP) is 0.384.